The number of aliphatic carboxylic acids is 1. The first-order valence-electron chi connectivity index (χ1n) is 5.00. The normalized spacial score (nSPS) is 27.9. The second-order valence-electron chi connectivity index (χ2n) is 4.79. The molecule has 0 radical (unpaired) electrons. The summed E-state index contributed by atoms with van der Waals surface area (Å²) in [5.74, 6) is -0.751. The average Bonchev–Trinajstić information content (AvgIpc) is 2.30. The van der Waals surface area contributed by atoms with Gasteiger partial charge in [0.05, 0.1) is 18.1 Å². The van der Waals surface area contributed by atoms with Gasteiger partial charge in [-0.15, -0.1) is 0 Å². The predicted molar refractivity (Wildman–Crippen MR) is 53.3 cm³/mol. The summed E-state index contributed by atoms with van der Waals surface area (Å²) in [6.07, 6.45) is 1.13. The van der Waals surface area contributed by atoms with E-state index < -0.39 is 5.97 Å². The maximum Gasteiger partial charge on any atom is 0.304 e. The summed E-state index contributed by atoms with van der Waals surface area (Å²) in [5, 5.41) is 11.8. The van der Waals surface area contributed by atoms with E-state index in [-0.39, 0.29) is 24.2 Å². The molecule has 0 bridgehead atoms. The molecule has 1 saturated heterocycles. The first-order valence-corrected chi connectivity index (χ1v) is 5.00. The Kier molecular flexibility index (Phi) is 3.50. The van der Waals surface area contributed by atoms with Crippen LogP contribution in [0.1, 0.15) is 33.6 Å². The third-order valence-corrected chi connectivity index (χ3v) is 2.12. The van der Waals surface area contributed by atoms with Crippen molar-refractivity contribution in [2.45, 2.75) is 51.4 Å². The van der Waals surface area contributed by atoms with Gasteiger partial charge in [0.1, 0.15) is 0 Å². The molecule has 1 heterocycles. The van der Waals surface area contributed by atoms with Gasteiger partial charge < -0.3 is 15.2 Å². The van der Waals surface area contributed by atoms with Crippen LogP contribution in [0.15, 0.2) is 0 Å². The quantitative estimate of drug-likeness (QED) is 0.715. The SMILES string of the molecule is CC(C)(C)O[C@H]1CN[C@H](CC(=O)O)C1. The smallest absolute Gasteiger partial charge is 0.304 e. The zero-order valence-corrected chi connectivity index (χ0v) is 9.04. The number of rotatable bonds is 3. The molecule has 1 rings (SSSR count). The van der Waals surface area contributed by atoms with Crippen molar-refractivity contribution in [1.29, 1.82) is 0 Å². The van der Waals surface area contributed by atoms with E-state index in [1.54, 1.807) is 0 Å². The lowest BCUT2D eigenvalue weighted by molar-refractivity contribution is -0.137. The molecule has 1 aliphatic rings. The van der Waals surface area contributed by atoms with E-state index in [0.717, 1.165) is 13.0 Å². The molecule has 4 nitrogen and oxygen atoms in total. The molecule has 0 aromatic carbocycles. The van der Waals surface area contributed by atoms with Crippen molar-refractivity contribution in [3.05, 3.63) is 0 Å². The standard InChI is InChI=1S/C10H19NO3/c1-10(2,3)14-8-4-7(11-6-8)5-9(12)13/h7-8,11H,4-6H2,1-3H3,(H,12,13)/t7-,8+/m0/s1. The van der Waals surface area contributed by atoms with Crippen LogP contribution in [0.4, 0.5) is 0 Å². The van der Waals surface area contributed by atoms with Gasteiger partial charge >= 0.3 is 5.97 Å². The third kappa shape index (κ3) is 4.07. The summed E-state index contributed by atoms with van der Waals surface area (Å²) in [7, 11) is 0. The fraction of sp³-hybridized carbons (Fsp3) is 0.900. The molecule has 0 aromatic heterocycles. The number of hydrogen-bond donors (Lipinski definition) is 2. The van der Waals surface area contributed by atoms with Gasteiger partial charge in [-0.3, -0.25) is 4.79 Å². The van der Waals surface area contributed by atoms with Crippen LogP contribution in [-0.4, -0.2) is 35.4 Å². The molecule has 14 heavy (non-hydrogen) atoms. The summed E-state index contributed by atoms with van der Waals surface area (Å²) in [6, 6.07) is 0.0693. The Morgan fingerprint density at radius 3 is 2.71 bits per heavy atom. The van der Waals surface area contributed by atoms with Gasteiger partial charge in [0.15, 0.2) is 0 Å². The van der Waals surface area contributed by atoms with E-state index in [9.17, 15) is 4.79 Å². The van der Waals surface area contributed by atoms with E-state index in [1.807, 2.05) is 20.8 Å². The molecule has 1 fully saturated rings. The zero-order valence-electron chi connectivity index (χ0n) is 9.04. The summed E-state index contributed by atoms with van der Waals surface area (Å²) < 4.78 is 5.76. The van der Waals surface area contributed by atoms with Crippen molar-refractivity contribution in [2.24, 2.45) is 0 Å². The molecule has 4 heteroatoms. The highest BCUT2D eigenvalue weighted by atomic mass is 16.5. The Hall–Kier alpha value is -0.610. The molecule has 0 unspecified atom stereocenters. The summed E-state index contributed by atoms with van der Waals surface area (Å²) in [6.45, 7) is 6.79. The molecule has 2 atom stereocenters. The molecule has 1 aliphatic heterocycles. The highest BCUT2D eigenvalue weighted by Crippen LogP contribution is 2.19. The number of ether oxygens (including phenoxy) is 1. The third-order valence-electron chi connectivity index (χ3n) is 2.12. The minimum atomic E-state index is -0.751. The van der Waals surface area contributed by atoms with Crippen LogP contribution in [0.5, 0.6) is 0 Å². The topological polar surface area (TPSA) is 58.6 Å². The fourth-order valence-electron chi connectivity index (χ4n) is 1.74. The first kappa shape index (κ1) is 11.5. The summed E-state index contributed by atoms with van der Waals surface area (Å²) in [4.78, 5) is 10.5. The van der Waals surface area contributed by atoms with Gasteiger partial charge in [0.2, 0.25) is 0 Å². The fourth-order valence-corrected chi connectivity index (χ4v) is 1.74. The number of carboxylic acids is 1. The Labute approximate surface area is 84.6 Å². The van der Waals surface area contributed by atoms with Gasteiger partial charge in [-0.25, -0.2) is 0 Å². The number of hydrogen-bond acceptors (Lipinski definition) is 3. The molecular formula is C10H19NO3. The van der Waals surface area contributed by atoms with Crippen LogP contribution in [0, 0.1) is 0 Å². The largest absolute Gasteiger partial charge is 0.481 e. The van der Waals surface area contributed by atoms with Crippen LogP contribution in [0.25, 0.3) is 0 Å². The molecule has 2 N–H and O–H groups in total. The van der Waals surface area contributed by atoms with Crippen molar-refractivity contribution in [1.82, 2.24) is 5.32 Å². The van der Waals surface area contributed by atoms with E-state index in [0.29, 0.717) is 0 Å². The number of nitrogens with one attached hydrogen (secondary N) is 1. The zero-order chi connectivity index (χ0) is 10.8. The first-order chi connectivity index (χ1) is 6.37. The van der Waals surface area contributed by atoms with Crippen LogP contribution in [0.2, 0.25) is 0 Å². The van der Waals surface area contributed by atoms with Gasteiger partial charge in [-0.2, -0.15) is 0 Å². The maximum absolute atomic E-state index is 10.5. The van der Waals surface area contributed by atoms with Gasteiger partial charge in [-0.05, 0) is 27.2 Å². The van der Waals surface area contributed by atoms with E-state index in [2.05, 4.69) is 5.32 Å². The van der Waals surface area contributed by atoms with Gasteiger partial charge in [-0.1, -0.05) is 0 Å². The molecular weight excluding hydrogens is 182 g/mol. The van der Waals surface area contributed by atoms with Crippen LogP contribution >= 0.6 is 0 Å². The van der Waals surface area contributed by atoms with Crippen molar-refractivity contribution in [3.63, 3.8) is 0 Å². The predicted octanol–water partition coefficient (Wildman–Crippen LogP) is 1.01. The van der Waals surface area contributed by atoms with E-state index in [4.69, 9.17) is 9.84 Å². The number of carbonyl (C=O) groups is 1. The highest BCUT2D eigenvalue weighted by Gasteiger charge is 2.29. The minimum absolute atomic E-state index is 0.0693. The van der Waals surface area contributed by atoms with Crippen LogP contribution in [-0.2, 0) is 9.53 Å². The Morgan fingerprint density at radius 2 is 2.21 bits per heavy atom. The van der Waals surface area contributed by atoms with Crippen molar-refractivity contribution < 1.29 is 14.6 Å². The van der Waals surface area contributed by atoms with Crippen molar-refractivity contribution in [3.8, 4) is 0 Å². The second-order valence-corrected chi connectivity index (χ2v) is 4.79. The summed E-state index contributed by atoms with van der Waals surface area (Å²) in [5.41, 5.74) is -0.148. The van der Waals surface area contributed by atoms with Gasteiger partial charge in [0, 0.05) is 12.6 Å². The lowest BCUT2D eigenvalue weighted by Crippen LogP contribution is -2.28. The molecule has 0 aliphatic carbocycles. The molecule has 0 amide bonds. The lowest BCUT2D eigenvalue weighted by Gasteiger charge is -2.24. The number of carboxylic acid groups (broad SMARTS) is 1. The molecule has 82 valence electrons. The maximum atomic E-state index is 10.5. The highest BCUT2D eigenvalue weighted by molar-refractivity contribution is 5.67. The van der Waals surface area contributed by atoms with Crippen LogP contribution < -0.4 is 5.32 Å². The Morgan fingerprint density at radius 1 is 1.57 bits per heavy atom. The Bertz CT molecular complexity index is 210. The van der Waals surface area contributed by atoms with E-state index in [1.165, 1.54) is 0 Å². The van der Waals surface area contributed by atoms with E-state index >= 15 is 0 Å². The van der Waals surface area contributed by atoms with Crippen LogP contribution in [0.3, 0.4) is 0 Å². The molecule has 0 aromatic rings. The monoisotopic (exact) mass is 201 g/mol. The van der Waals surface area contributed by atoms with Crippen molar-refractivity contribution in [2.75, 3.05) is 6.54 Å². The van der Waals surface area contributed by atoms with Crippen molar-refractivity contribution >= 4 is 5.97 Å². The molecule has 0 spiro atoms. The minimum Gasteiger partial charge on any atom is -0.481 e. The molecule has 0 saturated carbocycles. The summed E-state index contributed by atoms with van der Waals surface area (Å²) >= 11 is 0. The van der Waals surface area contributed by atoms with Gasteiger partial charge in [0.25, 0.3) is 0 Å². The second kappa shape index (κ2) is 4.28. The lowest BCUT2D eigenvalue weighted by atomic mass is 10.1. The Balaban J connectivity index is 2.31. The average molecular weight is 201 g/mol.